The third-order valence-corrected chi connectivity index (χ3v) is 5.02. The summed E-state index contributed by atoms with van der Waals surface area (Å²) in [6.45, 7) is -0.166. The van der Waals surface area contributed by atoms with E-state index in [1.54, 1.807) is 20.2 Å². The summed E-state index contributed by atoms with van der Waals surface area (Å²) in [5.41, 5.74) is 2.07. The summed E-state index contributed by atoms with van der Waals surface area (Å²) in [6, 6.07) is 17.7. The predicted molar refractivity (Wildman–Crippen MR) is 109 cm³/mol. The van der Waals surface area contributed by atoms with Crippen molar-refractivity contribution in [1.82, 2.24) is 10.1 Å². The number of amides is 2. The van der Waals surface area contributed by atoms with Gasteiger partial charge in [0.2, 0.25) is 11.8 Å². The zero-order valence-corrected chi connectivity index (χ0v) is 16.6. The van der Waals surface area contributed by atoms with Gasteiger partial charge in [0, 0.05) is 18.7 Å². The average Bonchev–Trinajstić information content (AvgIpc) is 3.24. The number of nitrogens with one attached hydrogen (secondary N) is 1. The van der Waals surface area contributed by atoms with Gasteiger partial charge in [-0.25, -0.2) is 0 Å². The van der Waals surface area contributed by atoms with E-state index in [2.05, 4.69) is 10.5 Å². The Balaban J connectivity index is 1.56. The van der Waals surface area contributed by atoms with E-state index in [0.29, 0.717) is 11.4 Å². The van der Waals surface area contributed by atoms with Crippen molar-refractivity contribution >= 4 is 17.7 Å². The Bertz CT molecular complexity index is 1050. The molecule has 0 bridgehead atoms. The van der Waals surface area contributed by atoms with Crippen LogP contribution >= 0.6 is 0 Å². The van der Waals surface area contributed by atoms with Gasteiger partial charge in [-0.2, -0.15) is 0 Å². The summed E-state index contributed by atoms with van der Waals surface area (Å²) < 4.78 is 16.2. The van der Waals surface area contributed by atoms with E-state index in [9.17, 15) is 9.59 Å². The molecule has 2 aromatic carbocycles. The van der Waals surface area contributed by atoms with Gasteiger partial charge in [0.1, 0.15) is 18.1 Å². The van der Waals surface area contributed by atoms with E-state index in [1.165, 1.54) is 4.90 Å². The summed E-state index contributed by atoms with van der Waals surface area (Å²) in [6.07, 6.45) is -0.894. The van der Waals surface area contributed by atoms with Crippen molar-refractivity contribution in [2.45, 2.75) is 12.1 Å². The molecule has 1 N–H and O–H groups in total. The number of hydrogen-bond acceptors (Lipinski definition) is 6. The van der Waals surface area contributed by atoms with Crippen LogP contribution < -0.4 is 10.1 Å². The fraction of sp³-hybridized carbons (Fsp3) is 0.227. The topological polar surface area (TPSA) is 93.9 Å². The highest BCUT2D eigenvalue weighted by Gasteiger charge is 2.40. The number of aromatic nitrogens is 1. The number of para-hydroxylation sites is 1. The molecule has 1 aromatic heterocycles. The lowest BCUT2D eigenvalue weighted by Crippen LogP contribution is -2.51. The molecule has 154 valence electrons. The first-order valence-corrected chi connectivity index (χ1v) is 9.41. The zero-order chi connectivity index (χ0) is 21.1. The molecule has 3 aromatic rings. The molecule has 8 heteroatoms. The number of carbonyl (C=O) groups is 2. The Hall–Kier alpha value is -3.65. The van der Waals surface area contributed by atoms with Crippen LogP contribution in [0.1, 0.15) is 11.6 Å². The molecular weight excluding hydrogens is 386 g/mol. The van der Waals surface area contributed by atoms with Crippen molar-refractivity contribution in [2.24, 2.45) is 0 Å². The van der Waals surface area contributed by atoms with Gasteiger partial charge in [-0.3, -0.25) is 14.9 Å². The number of anilines is 1. The van der Waals surface area contributed by atoms with Crippen LogP contribution in [0.3, 0.4) is 0 Å². The van der Waals surface area contributed by atoms with Crippen LogP contribution in [0.25, 0.3) is 11.3 Å². The second-order valence-electron chi connectivity index (χ2n) is 6.86. The van der Waals surface area contributed by atoms with Gasteiger partial charge >= 0.3 is 0 Å². The van der Waals surface area contributed by atoms with E-state index < -0.39 is 18.1 Å². The normalized spacial score (nSPS) is 18.9. The van der Waals surface area contributed by atoms with Crippen molar-refractivity contribution in [2.75, 3.05) is 26.1 Å². The lowest BCUT2D eigenvalue weighted by atomic mass is 9.97. The second kappa shape index (κ2) is 8.38. The summed E-state index contributed by atoms with van der Waals surface area (Å²) in [7, 11) is 3.24. The minimum Gasteiger partial charge on any atom is -0.496 e. The molecule has 1 aliphatic heterocycles. The highest BCUT2D eigenvalue weighted by atomic mass is 16.5. The molecular formula is C22H21N3O5. The van der Waals surface area contributed by atoms with Gasteiger partial charge in [0.15, 0.2) is 6.10 Å². The number of likely N-dealkylation sites (N-methyl/N-ethyl adjacent to an activating group) is 1. The van der Waals surface area contributed by atoms with Crippen molar-refractivity contribution in [3.8, 4) is 17.0 Å². The number of rotatable bonds is 5. The largest absolute Gasteiger partial charge is 0.496 e. The standard InChI is InChI=1S/C22H21N3O5/c1-25-19(26)13-29-21(20(25)14-8-4-3-5-9-14)22(27)23-18-12-16(24-30-18)15-10-6-7-11-17(15)28-2/h3-12,20-21H,13H2,1-2H3,(H,23,27). The minimum absolute atomic E-state index is 0.166. The molecule has 0 radical (unpaired) electrons. The molecule has 2 amide bonds. The van der Waals surface area contributed by atoms with Crippen molar-refractivity contribution < 1.29 is 23.6 Å². The van der Waals surface area contributed by atoms with Crippen LogP contribution in [-0.4, -0.2) is 48.7 Å². The van der Waals surface area contributed by atoms with Crippen molar-refractivity contribution in [3.05, 3.63) is 66.2 Å². The smallest absolute Gasteiger partial charge is 0.258 e. The van der Waals surface area contributed by atoms with Crippen LogP contribution in [0.5, 0.6) is 5.75 Å². The van der Waals surface area contributed by atoms with Crippen LogP contribution in [0.15, 0.2) is 65.2 Å². The third kappa shape index (κ3) is 3.77. The molecule has 1 fully saturated rings. The summed E-state index contributed by atoms with van der Waals surface area (Å²) in [5, 5.41) is 6.72. The number of ether oxygens (including phenoxy) is 2. The Morgan fingerprint density at radius 1 is 1.17 bits per heavy atom. The van der Waals surface area contributed by atoms with Gasteiger partial charge in [-0.15, -0.1) is 0 Å². The van der Waals surface area contributed by atoms with E-state index in [-0.39, 0.29) is 18.4 Å². The van der Waals surface area contributed by atoms with Gasteiger partial charge in [0.25, 0.3) is 5.91 Å². The Morgan fingerprint density at radius 3 is 2.67 bits per heavy atom. The molecule has 0 spiro atoms. The second-order valence-corrected chi connectivity index (χ2v) is 6.86. The van der Waals surface area contributed by atoms with E-state index in [1.807, 2.05) is 54.6 Å². The molecule has 2 atom stereocenters. The molecule has 4 rings (SSSR count). The van der Waals surface area contributed by atoms with Gasteiger partial charge in [-0.1, -0.05) is 47.6 Å². The van der Waals surface area contributed by atoms with Crippen molar-refractivity contribution in [3.63, 3.8) is 0 Å². The molecule has 0 aliphatic carbocycles. The third-order valence-electron chi connectivity index (χ3n) is 5.02. The lowest BCUT2D eigenvalue weighted by Gasteiger charge is -2.38. The fourth-order valence-corrected chi connectivity index (χ4v) is 3.49. The molecule has 1 aliphatic rings. The summed E-state index contributed by atoms with van der Waals surface area (Å²) in [5.74, 6) is 0.205. The predicted octanol–water partition coefficient (Wildman–Crippen LogP) is 2.89. The highest BCUT2D eigenvalue weighted by Crippen LogP contribution is 2.32. The molecule has 2 heterocycles. The number of morpholine rings is 1. The van der Waals surface area contributed by atoms with Crippen LogP contribution in [0.2, 0.25) is 0 Å². The lowest BCUT2D eigenvalue weighted by molar-refractivity contribution is -0.160. The van der Waals surface area contributed by atoms with Crippen LogP contribution in [0.4, 0.5) is 5.88 Å². The molecule has 1 saturated heterocycles. The monoisotopic (exact) mass is 407 g/mol. The maximum Gasteiger partial charge on any atom is 0.258 e. The fourth-order valence-electron chi connectivity index (χ4n) is 3.49. The maximum atomic E-state index is 13.0. The van der Waals surface area contributed by atoms with Crippen molar-refractivity contribution in [1.29, 1.82) is 0 Å². The Labute approximate surface area is 173 Å². The first-order chi connectivity index (χ1) is 14.6. The van der Waals surface area contributed by atoms with Gasteiger partial charge < -0.3 is 18.9 Å². The Kier molecular flexibility index (Phi) is 5.49. The molecule has 30 heavy (non-hydrogen) atoms. The van der Waals surface area contributed by atoms with Crippen LogP contribution in [-0.2, 0) is 14.3 Å². The maximum absolute atomic E-state index is 13.0. The quantitative estimate of drug-likeness (QED) is 0.699. The number of nitrogens with zero attached hydrogens (tertiary/aromatic N) is 2. The number of methoxy groups -OCH3 is 1. The van der Waals surface area contributed by atoms with Gasteiger partial charge in [-0.05, 0) is 17.7 Å². The highest BCUT2D eigenvalue weighted by molar-refractivity contribution is 5.95. The SMILES string of the molecule is COc1ccccc1-c1cc(NC(=O)C2OCC(=O)N(C)C2c2ccccc2)on1. The van der Waals surface area contributed by atoms with E-state index in [0.717, 1.165) is 11.1 Å². The molecule has 0 saturated carbocycles. The first-order valence-electron chi connectivity index (χ1n) is 9.41. The Morgan fingerprint density at radius 2 is 1.90 bits per heavy atom. The summed E-state index contributed by atoms with van der Waals surface area (Å²) >= 11 is 0. The number of carbonyl (C=O) groups excluding carboxylic acids is 2. The van der Waals surface area contributed by atoms with Crippen LogP contribution in [0, 0.1) is 0 Å². The summed E-state index contributed by atoms with van der Waals surface area (Å²) in [4.78, 5) is 26.7. The molecule has 2 unspecified atom stereocenters. The van der Waals surface area contributed by atoms with E-state index >= 15 is 0 Å². The average molecular weight is 407 g/mol. The first kappa shape index (κ1) is 19.7. The van der Waals surface area contributed by atoms with Gasteiger partial charge in [0.05, 0.1) is 13.2 Å². The zero-order valence-electron chi connectivity index (χ0n) is 16.6. The minimum atomic E-state index is -0.894. The number of benzene rings is 2. The molecule has 8 nitrogen and oxygen atoms in total. The number of hydrogen-bond donors (Lipinski definition) is 1. The van der Waals surface area contributed by atoms with E-state index in [4.69, 9.17) is 14.0 Å².